The maximum atomic E-state index is 12.7. The number of carbonyl (C=O) groups is 1. The first kappa shape index (κ1) is 12.9. The minimum atomic E-state index is -0.359. The quantitative estimate of drug-likeness (QED) is 0.931. The molecule has 1 heterocycles. The van der Waals surface area contributed by atoms with Gasteiger partial charge in [-0.1, -0.05) is 36.2 Å². The van der Waals surface area contributed by atoms with Gasteiger partial charge in [0.05, 0.1) is 17.3 Å². The molecule has 0 atom stereocenters. The van der Waals surface area contributed by atoms with Crippen LogP contribution in [0, 0.1) is 6.92 Å². The summed E-state index contributed by atoms with van der Waals surface area (Å²) in [5, 5.41) is 7.09. The predicted molar refractivity (Wildman–Crippen MR) is 78.5 cm³/mol. The maximum absolute atomic E-state index is 12.7. The molecule has 4 heteroatoms. The van der Waals surface area contributed by atoms with E-state index in [-0.39, 0.29) is 11.3 Å². The predicted octanol–water partition coefficient (Wildman–Crippen LogP) is 2.79. The molecule has 1 N–H and O–H groups in total. The zero-order valence-corrected chi connectivity index (χ0v) is 11.9. The van der Waals surface area contributed by atoms with Crippen molar-refractivity contribution in [1.29, 1.82) is 0 Å². The smallest absolute Gasteiger partial charge is 0.235 e. The van der Waals surface area contributed by atoms with Gasteiger partial charge in [0.25, 0.3) is 0 Å². The summed E-state index contributed by atoms with van der Waals surface area (Å²) in [6, 6.07) is 8.29. The van der Waals surface area contributed by atoms with Crippen LogP contribution in [-0.4, -0.2) is 15.7 Å². The number of amides is 1. The molecule has 0 spiro atoms. The first-order valence-electron chi connectivity index (χ1n) is 6.97. The largest absolute Gasteiger partial charge is 0.323 e. The number of rotatable bonds is 3. The highest BCUT2D eigenvalue weighted by Gasteiger charge is 2.45. The Balaban J connectivity index is 1.87. The summed E-state index contributed by atoms with van der Waals surface area (Å²) in [7, 11) is 1.84. The third-order valence-corrected chi connectivity index (χ3v) is 4.18. The van der Waals surface area contributed by atoms with Crippen molar-refractivity contribution < 1.29 is 4.79 Å². The summed E-state index contributed by atoms with van der Waals surface area (Å²) in [4.78, 5) is 12.7. The van der Waals surface area contributed by atoms with Gasteiger partial charge < -0.3 is 5.32 Å². The average Bonchev–Trinajstić information content (AvgIpc) is 2.73. The fraction of sp³-hybridized carbons (Fsp3) is 0.375. The lowest BCUT2D eigenvalue weighted by Crippen LogP contribution is -2.46. The van der Waals surface area contributed by atoms with Crippen LogP contribution in [0.3, 0.4) is 0 Å². The van der Waals surface area contributed by atoms with E-state index in [4.69, 9.17) is 0 Å². The van der Waals surface area contributed by atoms with Crippen molar-refractivity contribution in [2.45, 2.75) is 31.6 Å². The van der Waals surface area contributed by atoms with Crippen LogP contribution in [0.1, 0.15) is 30.4 Å². The molecule has 1 aliphatic rings. The molecule has 20 heavy (non-hydrogen) atoms. The van der Waals surface area contributed by atoms with E-state index in [1.807, 2.05) is 19.3 Å². The highest BCUT2D eigenvalue weighted by atomic mass is 16.2. The van der Waals surface area contributed by atoms with Gasteiger partial charge in [-0.2, -0.15) is 5.10 Å². The molecule has 0 bridgehead atoms. The van der Waals surface area contributed by atoms with Gasteiger partial charge in [0.1, 0.15) is 0 Å². The minimum Gasteiger partial charge on any atom is -0.323 e. The Morgan fingerprint density at radius 3 is 2.75 bits per heavy atom. The third-order valence-electron chi connectivity index (χ3n) is 4.18. The summed E-state index contributed by atoms with van der Waals surface area (Å²) >= 11 is 0. The van der Waals surface area contributed by atoms with Gasteiger partial charge in [0.15, 0.2) is 0 Å². The molecular weight excluding hydrogens is 250 g/mol. The Kier molecular flexibility index (Phi) is 3.08. The van der Waals surface area contributed by atoms with Crippen LogP contribution < -0.4 is 5.32 Å². The summed E-state index contributed by atoms with van der Waals surface area (Å²) in [5.74, 6) is 0.0855. The molecular formula is C16H19N3O. The molecule has 1 aliphatic carbocycles. The van der Waals surface area contributed by atoms with Crippen molar-refractivity contribution in [1.82, 2.24) is 9.78 Å². The molecule has 2 aromatic rings. The lowest BCUT2D eigenvalue weighted by atomic mass is 9.63. The number of benzene rings is 1. The summed E-state index contributed by atoms with van der Waals surface area (Å²) < 4.78 is 1.69. The maximum Gasteiger partial charge on any atom is 0.235 e. The molecule has 0 unspecified atom stereocenters. The SMILES string of the molecule is Cc1cccc(C2(C(=O)Nc3cnn(C)c3)CCC2)c1. The van der Waals surface area contributed by atoms with E-state index in [1.165, 1.54) is 5.56 Å². The van der Waals surface area contributed by atoms with Gasteiger partial charge in [0, 0.05) is 13.2 Å². The number of hydrogen-bond acceptors (Lipinski definition) is 2. The molecule has 0 saturated heterocycles. The highest BCUT2D eigenvalue weighted by molar-refractivity contribution is 5.99. The van der Waals surface area contributed by atoms with Gasteiger partial charge in [-0.25, -0.2) is 0 Å². The number of aryl methyl sites for hydroxylation is 2. The Hall–Kier alpha value is -2.10. The summed E-state index contributed by atoms with van der Waals surface area (Å²) in [6.45, 7) is 2.06. The second kappa shape index (κ2) is 4.78. The van der Waals surface area contributed by atoms with Crippen LogP contribution in [0.5, 0.6) is 0 Å². The fourth-order valence-corrected chi connectivity index (χ4v) is 2.86. The van der Waals surface area contributed by atoms with Gasteiger partial charge in [0.2, 0.25) is 5.91 Å². The van der Waals surface area contributed by atoms with Crippen molar-refractivity contribution in [3.8, 4) is 0 Å². The van der Waals surface area contributed by atoms with Gasteiger partial charge in [-0.05, 0) is 25.3 Å². The Morgan fingerprint density at radius 2 is 2.20 bits per heavy atom. The fourth-order valence-electron chi connectivity index (χ4n) is 2.86. The van der Waals surface area contributed by atoms with Crippen LogP contribution in [0.25, 0.3) is 0 Å². The molecule has 1 aromatic carbocycles. The van der Waals surface area contributed by atoms with E-state index >= 15 is 0 Å². The zero-order valence-electron chi connectivity index (χ0n) is 11.9. The molecule has 1 fully saturated rings. The van der Waals surface area contributed by atoms with Gasteiger partial charge in [-0.3, -0.25) is 9.48 Å². The van der Waals surface area contributed by atoms with Crippen LogP contribution in [0.4, 0.5) is 5.69 Å². The standard InChI is InChI=1S/C16H19N3O/c1-12-5-3-6-13(9-12)16(7-4-8-16)15(20)18-14-10-17-19(2)11-14/h3,5-6,9-11H,4,7-8H2,1-2H3,(H,18,20). The minimum absolute atomic E-state index is 0.0855. The van der Waals surface area contributed by atoms with E-state index in [0.717, 1.165) is 30.5 Å². The van der Waals surface area contributed by atoms with E-state index in [0.29, 0.717) is 0 Å². The molecule has 1 saturated carbocycles. The Labute approximate surface area is 118 Å². The molecule has 3 rings (SSSR count). The number of anilines is 1. The molecule has 0 aliphatic heterocycles. The number of hydrogen-bond donors (Lipinski definition) is 1. The van der Waals surface area contributed by atoms with Crippen molar-refractivity contribution >= 4 is 11.6 Å². The topological polar surface area (TPSA) is 46.9 Å². The van der Waals surface area contributed by atoms with Crippen LogP contribution in [0.15, 0.2) is 36.7 Å². The molecule has 0 radical (unpaired) electrons. The van der Waals surface area contributed by atoms with Crippen molar-refractivity contribution in [2.24, 2.45) is 7.05 Å². The summed E-state index contributed by atoms with van der Waals surface area (Å²) in [5.41, 5.74) is 2.73. The first-order valence-corrected chi connectivity index (χ1v) is 6.97. The van der Waals surface area contributed by atoms with Crippen molar-refractivity contribution in [3.63, 3.8) is 0 Å². The van der Waals surface area contributed by atoms with E-state index in [9.17, 15) is 4.79 Å². The number of aromatic nitrogens is 2. The molecule has 104 valence electrons. The lowest BCUT2D eigenvalue weighted by molar-refractivity contribution is -0.124. The normalized spacial score (nSPS) is 16.5. The number of carbonyl (C=O) groups excluding carboxylic acids is 1. The molecule has 4 nitrogen and oxygen atoms in total. The monoisotopic (exact) mass is 269 g/mol. The van der Waals surface area contributed by atoms with E-state index < -0.39 is 0 Å². The van der Waals surface area contributed by atoms with E-state index in [2.05, 4.69) is 35.5 Å². The van der Waals surface area contributed by atoms with Crippen LogP contribution in [-0.2, 0) is 17.3 Å². The van der Waals surface area contributed by atoms with Gasteiger partial charge in [-0.15, -0.1) is 0 Å². The van der Waals surface area contributed by atoms with Crippen molar-refractivity contribution in [3.05, 3.63) is 47.8 Å². The zero-order chi connectivity index (χ0) is 14.2. The highest BCUT2D eigenvalue weighted by Crippen LogP contribution is 2.44. The Bertz CT molecular complexity index is 641. The Morgan fingerprint density at radius 1 is 1.40 bits per heavy atom. The molecule has 1 amide bonds. The first-order chi connectivity index (χ1) is 9.60. The second-order valence-electron chi connectivity index (χ2n) is 5.66. The summed E-state index contributed by atoms with van der Waals surface area (Å²) in [6.07, 6.45) is 6.44. The molecule has 1 aromatic heterocycles. The average molecular weight is 269 g/mol. The number of nitrogens with one attached hydrogen (secondary N) is 1. The van der Waals surface area contributed by atoms with Crippen LogP contribution in [0.2, 0.25) is 0 Å². The number of nitrogens with zero attached hydrogens (tertiary/aromatic N) is 2. The second-order valence-corrected chi connectivity index (χ2v) is 5.66. The third kappa shape index (κ3) is 2.11. The van der Waals surface area contributed by atoms with Crippen molar-refractivity contribution in [2.75, 3.05) is 5.32 Å². The van der Waals surface area contributed by atoms with Gasteiger partial charge >= 0.3 is 0 Å². The lowest BCUT2D eigenvalue weighted by Gasteiger charge is -2.40. The van der Waals surface area contributed by atoms with E-state index in [1.54, 1.807) is 10.9 Å². The van der Waals surface area contributed by atoms with Crippen LogP contribution >= 0.6 is 0 Å².